The number of anilines is 2. The van der Waals surface area contributed by atoms with Crippen molar-refractivity contribution < 1.29 is 9.72 Å². The molecule has 0 radical (unpaired) electrons. The lowest BCUT2D eigenvalue weighted by Crippen LogP contribution is -2.29. The van der Waals surface area contributed by atoms with Crippen molar-refractivity contribution in [1.29, 1.82) is 0 Å². The Morgan fingerprint density at radius 3 is 2.54 bits per heavy atom. The minimum absolute atomic E-state index is 0.125. The molecule has 2 aromatic rings. The third-order valence-corrected chi connectivity index (χ3v) is 5.50. The minimum atomic E-state index is -0.472. The van der Waals surface area contributed by atoms with Gasteiger partial charge in [-0.2, -0.15) is 0 Å². The Labute approximate surface area is 164 Å². The zero-order valence-electron chi connectivity index (χ0n) is 15.7. The Hall–Kier alpha value is -3.09. The summed E-state index contributed by atoms with van der Waals surface area (Å²) in [6.45, 7) is 3.15. The van der Waals surface area contributed by atoms with Crippen molar-refractivity contribution in [2.24, 2.45) is 0 Å². The van der Waals surface area contributed by atoms with E-state index in [4.69, 9.17) is 0 Å². The van der Waals surface area contributed by atoms with E-state index in [1.807, 2.05) is 18.2 Å². The quantitative estimate of drug-likeness (QED) is 0.634. The lowest BCUT2D eigenvalue weighted by atomic mass is 10.1. The molecule has 0 aliphatic carbocycles. The fourth-order valence-corrected chi connectivity index (χ4v) is 4.03. The first-order valence-electron chi connectivity index (χ1n) is 9.76. The molecule has 7 nitrogen and oxygen atoms in total. The number of rotatable bonds is 5. The number of nitrogens with one attached hydrogen (secondary N) is 1. The van der Waals surface area contributed by atoms with Gasteiger partial charge in [-0.1, -0.05) is 18.2 Å². The normalized spacial score (nSPS) is 19.1. The van der Waals surface area contributed by atoms with Crippen LogP contribution in [0.15, 0.2) is 48.5 Å². The van der Waals surface area contributed by atoms with Crippen LogP contribution in [-0.2, 0) is 0 Å². The third kappa shape index (κ3) is 3.78. The van der Waals surface area contributed by atoms with Gasteiger partial charge in [0, 0.05) is 49.7 Å². The maximum atomic E-state index is 12.8. The van der Waals surface area contributed by atoms with Gasteiger partial charge in [0.25, 0.3) is 11.6 Å². The number of para-hydroxylation sites is 1. The van der Waals surface area contributed by atoms with Crippen LogP contribution >= 0.6 is 0 Å². The van der Waals surface area contributed by atoms with E-state index in [1.165, 1.54) is 11.8 Å². The molecule has 1 N–H and O–H groups in total. The molecule has 146 valence electrons. The van der Waals surface area contributed by atoms with Crippen molar-refractivity contribution in [3.8, 4) is 0 Å². The average Bonchev–Trinajstić information content (AvgIpc) is 3.40. The summed E-state index contributed by atoms with van der Waals surface area (Å²) in [6.07, 6.45) is 2.88. The second kappa shape index (κ2) is 7.88. The zero-order chi connectivity index (χ0) is 19.5. The molecule has 7 heteroatoms. The maximum absolute atomic E-state index is 12.8. The number of likely N-dealkylation sites (tertiary alicyclic amines) is 1. The molecule has 0 spiro atoms. The second-order valence-electron chi connectivity index (χ2n) is 7.40. The molecule has 1 atom stereocenters. The fourth-order valence-electron chi connectivity index (χ4n) is 4.03. The third-order valence-electron chi connectivity index (χ3n) is 5.50. The molecule has 0 bridgehead atoms. The molecule has 0 saturated carbocycles. The average molecular weight is 380 g/mol. The van der Waals surface area contributed by atoms with Crippen LogP contribution in [-0.4, -0.2) is 48.0 Å². The lowest BCUT2D eigenvalue weighted by molar-refractivity contribution is -0.385. The van der Waals surface area contributed by atoms with E-state index in [1.54, 1.807) is 17.0 Å². The summed E-state index contributed by atoms with van der Waals surface area (Å²) in [7, 11) is 0. The van der Waals surface area contributed by atoms with Crippen LogP contribution in [0.1, 0.15) is 29.6 Å². The summed E-state index contributed by atoms with van der Waals surface area (Å²) < 4.78 is 0. The fraction of sp³-hybridized carbons (Fsp3) is 0.381. The van der Waals surface area contributed by atoms with Crippen LogP contribution in [0.4, 0.5) is 17.1 Å². The Balaban J connectivity index is 1.50. The van der Waals surface area contributed by atoms with Gasteiger partial charge in [0.05, 0.1) is 4.92 Å². The molecule has 28 heavy (non-hydrogen) atoms. The summed E-state index contributed by atoms with van der Waals surface area (Å²) in [6, 6.07) is 15.3. The molecule has 2 fully saturated rings. The van der Waals surface area contributed by atoms with E-state index in [-0.39, 0.29) is 23.2 Å². The maximum Gasteiger partial charge on any atom is 0.282 e. The Morgan fingerprint density at radius 1 is 1.07 bits per heavy atom. The van der Waals surface area contributed by atoms with E-state index in [2.05, 4.69) is 22.3 Å². The van der Waals surface area contributed by atoms with Gasteiger partial charge < -0.3 is 15.1 Å². The van der Waals surface area contributed by atoms with Gasteiger partial charge in [-0.05, 0) is 43.5 Å². The molecule has 2 aromatic carbocycles. The molecular weight excluding hydrogens is 356 g/mol. The van der Waals surface area contributed by atoms with Crippen molar-refractivity contribution >= 4 is 23.0 Å². The molecule has 2 heterocycles. The number of nitrogens with zero attached hydrogens (tertiary/aromatic N) is 3. The van der Waals surface area contributed by atoms with Crippen LogP contribution in [0.25, 0.3) is 0 Å². The van der Waals surface area contributed by atoms with E-state index in [0.29, 0.717) is 13.1 Å². The number of carbonyl (C=O) groups is 1. The van der Waals surface area contributed by atoms with Gasteiger partial charge in [-0.25, -0.2) is 0 Å². The van der Waals surface area contributed by atoms with Crippen LogP contribution in [0.2, 0.25) is 0 Å². The SMILES string of the molecule is O=C(c1cc(NC2CCN(c3ccccc3)C2)ccc1[N+](=O)[O-])N1CCCC1. The van der Waals surface area contributed by atoms with Gasteiger partial charge in [-0.3, -0.25) is 14.9 Å². The van der Waals surface area contributed by atoms with Crippen LogP contribution in [0.5, 0.6) is 0 Å². The number of benzene rings is 2. The van der Waals surface area contributed by atoms with Gasteiger partial charge in [-0.15, -0.1) is 0 Å². The monoisotopic (exact) mass is 380 g/mol. The smallest absolute Gasteiger partial charge is 0.282 e. The van der Waals surface area contributed by atoms with E-state index >= 15 is 0 Å². The van der Waals surface area contributed by atoms with Crippen molar-refractivity contribution in [3.05, 3.63) is 64.2 Å². The van der Waals surface area contributed by atoms with E-state index in [0.717, 1.165) is 38.0 Å². The lowest BCUT2D eigenvalue weighted by Gasteiger charge is -2.20. The Morgan fingerprint density at radius 2 is 1.82 bits per heavy atom. The number of hydrogen-bond donors (Lipinski definition) is 1. The number of carbonyl (C=O) groups excluding carboxylic acids is 1. The molecule has 2 saturated heterocycles. The highest BCUT2D eigenvalue weighted by molar-refractivity contribution is 5.99. The van der Waals surface area contributed by atoms with Gasteiger partial charge in [0.15, 0.2) is 0 Å². The highest BCUT2D eigenvalue weighted by atomic mass is 16.6. The topological polar surface area (TPSA) is 78.7 Å². The summed E-state index contributed by atoms with van der Waals surface area (Å²) in [5.41, 5.74) is 2.00. The van der Waals surface area contributed by atoms with E-state index in [9.17, 15) is 14.9 Å². The first-order chi connectivity index (χ1) is 13.6. The molecule has 4 rings (SSSR count). The highest BCUT2D eigenvalue weighted by Crippen LogP contribution is 2.28. The van der Waals surface area contributed by atoms with Gasteiger partial charge >= 0.3 is 0 Å². The molecular formula is C21H24N4O3. The minimum Gasteiger partial charge on any atom is -0.380 e. The Kier molecular flexibility index (Phi) is 5.14. The molecule has 2 aliphatic rings. The van der Waals surface area contributed by atoms with Crippen LogP contribution in [0.3, 0.4) is 0 Å². The number of amides is 1. The summed E-state index contributed by atoms with van der Waals surface area (Å²) in [5, 5.41) is 14.9. The standard InChI is InChI=1S/C21H24N4O3/c26-21(23-11-4-5-12-23)19-14-16(8-9-20(19)25(27)28)22-17-10-13-24(15-17)18-6-2-1-3-7-18/h1-3,6-9,14,17,22H,4-5,10-13,15H2. The van der Waals surface area contributed by atoms with Crippen molar-refractivity contribution in [1.82, 2.24) is 4.90 Å². The summed E-state index contributed by atoms with van der Waals surface area (Å²) in [4.78, 5) is 27.7. The Bertz CT molecular complexity index is 865. The van der Waals surface area contributed by atoms with Gasteiger partial charge in [0.1, 0.15) is 5.56 Å². The van der Waals surface area contributed by atoms with Crippen LogP contribution < -0.4 is 10.2 Å². The van der Waals surface area contributed by atoms with Crippen molar-refractivity contribution in [2.45, 2.75) is 25.3 Å². The first kappa shape index (κ1) is 18.3. The molecule has 1 unspecified atom stereocenters. The van der Waals surface area contributed by atoms with E-state index < -0.39 is 4.92 Å². The molecule has 0 aromatic heterocycles. The number of hydrogen-bond acceptors (Lipinski definition) is 5. The molecule has 2 aliphatic heterocycles. The van der Waals surface area contributed by atoms with Crippen molar-refractivity contribution in [2.75, 3.05) is 36.4 Å². The highest BCUT2D eigenvalue weighted by Gasteiger charge is 2.28. The number of nitro benzene ring substituents is 1. The van der Waals surface area contributed by atoms with Crippen molar-refractivity contribution in [3.63, 3.8) is 0 Å². The van der Waals surface area contributed by atoms with Crippen LogP contribution in [0, 0.1) is 10.1 Å². The largest absolute Gasteiger partial charge is 0.380 e. The molecule has 1 amide bonds. The summed E-state index contributed by atoms with van der Waals surface area (Å²) >= 11 is 0. The predicted molar refractivity (Wildman–Crippen MR) is 109 cm³/mol. The second-order valence-corrected chi connectivity index (χ2v) is 7.40. The summed E-state index contributed by atoms with van der Waals surface area (Å²) in [5.74, 6) is -0.245. The predicted octanol–water partition coefficient (Wildman–Crippen LogP) is 3.52. The zero-order valence-corrected chi connectivity index (χ0v) is 15.7. The first-order valence-corrected chi connectivity index (χ1v) is 9.76. The van der Waals surface area contributed by atoms with Gasteiger partial charge in [0.2, 0.25) is 0 Å². The number of nitro groups is 1.